The number of aromatic nitrogens is 2. The normalized spacial score (nSPS) is 11.0. The Balaban J connectivity index is 1.95. The van der Waals surface area contributed by atoms with Gasteiger partial charge in [-0.05, 0) is 30.2 Å². The van der Waals surface area contributed by atoms with Gasteiger partial charge in [0.1, 0.15) is 12.7 Å². The number of oxime groups is 1. The lowest BCUT2D eigenvalue weighted by molar-refractivity contribution is 0.102. The van der Waals surface area contributed by atoms with E-state index in [4.69, 9.17) is 11.6 Å². The lowest BCUT2D eigenvalue weighted by Gasteiger charge is -2.12. The zero-order valence-electron chi connectivity index (χ0n) is 15.5. The molecule has 1 N–H and O–H groups in total. The van der Waals surface area contributed by atoms with Crippen molar-refractivity contribution in [3.63, 3.8) is 0 Å². The van der Waals surface area contributed by atoms with E-state index in [1.54, 1.807) is 31.3 Å². The largest absolute Gasteiger partial charge is 0.399 e. The number of anilines is 1. The molecule has 0 spiro atoms. The SMILES string of the molecule is CO/N=C/c1ccc(-c2ccc(Cl)cc2NC(=O)c2c(C)nn(C)c2F)cc1. The zero-order valence-corrected chi connectivity index (χ0v) is 16.3. The van der Waals surface area contributed by atoms with Gasteiger partial charge >= 0.3 is 0 Å². The van der Waals surface area contributed by atoms with E-state index in [0.29, 0.717) is 16.4 Å². The van der Waals surface area contributed by atoms with Crippen molar-refractivity contribution in [2.75, 3.05) is 12.4 Å². The number of nitrogens with one attached hydrogen (secondary N) is 1. The summed E-state index contributed by atoms with van der Waals surface area (Å²) in [5.74, 6) is -1.28. The van der Waals surface area contributed by atoms with Crippen LogP contribution in [-0.2, 0) is 11.9 Å². The van der Waals surface area contributed by atoms with Crippen molar-refractivity contribution in [1.82, 2.24) is 9.78 Å². The third-order valence-electron chi connectivity index (χ3n) is 4.14. The van der Waals surface area contributed by atoms with Crippen molar-refractivity contribution < 1.29 is 14.0 Å². The number of hydrogen-bond donors (Lipinski definition) is 1. The third kappa shape index (κ3) is 4.04. The molecular formula is C20H18ClFN4O2. The summed E-state index contributed by atoms with van der Waals surface area (Å²) in [6.45, 7) is 1.58. The van der Waals surface area contributed by atoms with Gasteiger partial charge < -0.3 is 10.2 Å². The minimum atomic E-state index is -0.694. The van der Waals surface area contributed by atoms with Gasteiger partial charge in [0.2, 0.25) is 5.95 Å². The van der Waals surface area contributed by atoms with Gasteiger partial charge in [-0.25, -0.2) is 4.68 Å². The fraction of sp³-hybridized carbons (Fsp3) is 0.150. The molecule has 8 heteroatoms. The average molecular weight is 401 g/mol. The first-order valence-corrected chi connectivity index (χ1v) is 8.75. The molecule has 0 saturated heterocycles. The molecule has 6 nitrogen and oxygen atoms in total. The Kier molecular flexibility index (Phi) is 5.75. The Labute approximate surface area is 166 Å². The van der Waals surface area contributed by atoms with Crippen LogP contribution in [0.1, 0.15) is 21.6 Å². The molecule has 0 aliphatic heterocycles. The highest BCUT2D eigenvalue weighted by Gasteiger charge is 2.21. The number of halogens is 2. The van der Waals surface area contributed by atoms with Crippen LogP contribution in [-0.4, -0.2) is 29.0 Å². The molecule has 0 aliphatic carbocycles. The highest BCUT2D eigenvalue weighted by Crippen LogP contribution is 2.31. The van der Waals surface area contributed by atoms with Crippen LogP contribution >= 0.6 is 11.6 Å². The van der Waals surface area contributed by atoms with Gasteiger partial charge in [-0.3, -0.25) is 4.79 Å². The standard InChI is InChI=1S/C20H18ClFN4O2/c1-12-18(19(22)26(2)25-12)20(27)24-17-10-15(21)8-9-16(17)14-6-4-13(5-7-14)11-23-28-3/h4-11H,1-3H3,(H,24,27)/b23-11+. The number of hydrogen-bond acceptors (Lipinski definition) is 4. The highest BCUT2D eigenvalue weighted by atomic mass is 35.5. The number of aryl methyl sites for hydroxylation is 2. The molecule has 1 amide bonds. The topological polar surface area (TPSA) is 68.5 Å². The Bertz CT molecular complexity index is 1050. The van der Waals surface area contributed by atoms with E-state index in [-0.39, 0.29) is 5.56 Å². The average Bonchev–Trinajstić information content (AvgIpc) is 2.92. The van der Waals surface area contributed by atoms with E-state index in [2.05, 4.69) is 20.4 Å². The van der Waals surface area contributed by atoms with Crippen LogP contribution in [0.25, 0.3) is 11.1 Å². The molecule has 3 rings (SSSR count). The van der Waals surface area contributed by atoms with Gasteiger partial charge in [0.05, 0.1) is 17.6 Å². The Morgan fingerprint density at radius 2 is 2.00 bits per heavy atom. The summed E-state index contributed by atoms with van der Waals surface area (Å²) in [6.07, 6.45) is 1.59. The molecule has 1 aromatic heterocycles. The van der Waals surface area contributed by atoms with Crippen LogP contribution in [0.2, 0.25) is 5.02 Å². The molecule has 3 aromatic rings. The molecule has 0 fully saturated rings. The second-order valence-electron chi connectivity index (χ2n) is 6.06. The highest BCUT2D eigenvalue weighted by molar-refractivity contribution is 6.31. The first-order valence-electron chi connectivity index (χ1n) is 8.37. The molecule has 28 heavy (non-hydrogen) atoms. The quantitative estimate of drug-likeness (QED) is 0.509. The van der Waals surface area contributed by atoms with Crippen molar-refractivity contribution in [2.45, 2.75) is 6.92 Å². The maximum atomic E-state index is 14.2. The van der Waals surface area contributed by atoms with Crippen LogP contribution in [0.5, 0.6) is 0 Å². The summed E-state index contributed by atoms with van der Waals surface area (Å²) in [6, 6.07) is 12.6. The van der Waals surface area contributed by atoms with E-state index in [1.165, 1.54) is 14.2 Å². The van der Waals surface area contributed by atoms with Crippen LogP contribution in [0.3, 0.4) is 0 Å². The van der Waals surface area contributed by atoms with Crippen molar-refractivity contribution in [1.29, 1.82) is 0 Å². The predicted octanol–water partition coefficient (Wildman–Crippen LogP) is 4.42. The van der Waals surface area contributed by atoms with E-state index in [0.717, 1.165) is 21.4 Å². The van der Waals surface area contributed by atoms with Gasteiger partial charge in [0, 0.05) is 17.6 Å². The lowest BCUT2D eigenvalue weighted by atomic mass is 10.0. The molecular weight excluding hydrogens is 383 g/mol. The molecule has 0 saturated carbocycles. The second-order valence-corrected chi connectivity index (χ2v) is 6.49. The summed E-state index contributed by atoms with van der Waals surface area (Å²) in [5, 5.41) is 10.9. The molecule has 144 valence electrons. The van der Waals surface area contributed by atoms with Crippen LogP contribution < -0.4 is 5.32 Å². The zero-order chi connectivity index (χ0) is 20.3. The number of rotatable bonds is 5. The molecule has 1 heterocycles. The van der Waals surface area contributed by atoms with Gasteiger partial charge in [-0.1, -0.05) is 47.1 Å². The fourth-order valence-corrected chi connectivity index (χ4v) is 2.98. The summed E-state index contributed by atoms with van der Waals surface area (Å²) in [5.41, 5.74) is 3.14. The maximum absolute atomic E-state index is 14.2. The Morgan fingerprint density at radius 1 is 1.29 bits per heavy atom. The summed E-state index contributed by atoms with van der Waals surface area (Å²) in [7, 11) is 2.92. The number of carbonyl (C=O) groups excluding carboxylic acids is 1. The summed E-state index contributed by atoms with van der Waals surface area (Å²) >= 11 is 6.11. The van der Waals surface area contributed by atoms with E-state index < -0.39 is 11.9 Å². The van der Waals surface area contributed by atoms with E-state index in [9.17, 15) is 9.18 Å². The molecule has 0 radical (unpaired) electrons. The third-order valence-corrected chi connectivity index (χ3v) is 4.37. The smallest absolute Gasteiger partial charge is 0.262 e. The molecule has 0 atom stereocenters. The van der Waals surface area contributed by atoms with Crippen molar-refractivity contribution in [3.8, 4) is 11.1 Å². The maximum Gasteiger partial charge on any atom is 0.262 e. The number of benzene rings is 2. The number of nitrogens with zero attached hydrogens (tertiary/aromatic N) is 3. The minimum Gasteiger partial charge on any atom is -0.399 e. The van der Waals surface area contributed by atoms with Crippen molar-refractivity contribution in [3.05, 3.63) is 70.3 Å². The first kappa shape index (κ1) is 19.6. The van der Waals surface area contributed by atoms with Gasteiger partial charge in [-0.2, -0.15) is 9.49 Å². The van der Waals surface area contributed by atoms with Gasteiger partial charge in [-0.15, -0.1) is 0 Å². The molecule has 0 aliphatic rings. The fourth-order valence-electron chi connectivity index (χ4n) is 2.81. The molecule has 0 bridgehead atoms. The number of carbonyl (C=O) groups is 1. The van der Waals surface area contributed by atoms with Crippen LogP contribution in [0.4, 0.5) is 10.1 Å². The monoisotopic (exact) mass is 400 g/mol. The number of amides is 1. The van der Waals surface area contributed by atoms with Gasteiger partial charge in [0.25, 0.3) is 5.91 Å². The van der Waals surface area contributed by atoms with Crippen LogP contribution in [0.15, 0.2) is 47.6 Å². The second kappa shape index (κ2) is 8.22. The Morgan fingerprint density at radius 3 is 2.61 bits per heavy atom. The lowest BCUT2D eigenvalue weighted by Crippen LogP contribution is -2.15. The molecule has 2 aromatic carbocycles. The minimum absolute atomic E-state index is 0.0976. The van der Waals surface area contributed by atoms with Crippen molar-refractivity contribution >= 4 is 29.4 Å². The van der Waals surface area contributed by atoms with Crippen LogP contribution in [0, 0.1) is 12.9 Å². The summed E-state index contributed by atoms with van der Waals surface area (Å²) in [4.78, 5) is 17.3. The van der Waals surface area contributed by atoms with Crippen molar-refractivity contribution in [2.24, 2.45) is 12.2 Å². The summed E-state index contributed by atoms with van der Waals surface area (Å²) < 4.78 is 15.2. The van der Waals surface area contributed by atoms with E-state index >= 15 is 0 Å². The molecule has 0 unspecified atom stereocenters. The first-order chi connectivity index (χ1) is 13.4. The van der Waals surface area contributed by atoms with Gasteiger partial charge in [0.15, 0.2) is 0 Å². The predicted molar refractivity (Wildman–Crippen MR) is 107 cm³/mol. The Hall–Kier alpha value is -3.19. The van der Waals surface area contributed by atoms with E-state index in [1.807, 2.05) is 24.3 Å².